The summed E-state index contributed by atoms with van der Waals surface area (Å²) in [6, 6.07) is 19.3. The van der Waals surface area contributed by atoms with Crippen LogP contribution in [0.2, 0.25) is 0 Å². The first-order chi connectivity index (χ1) is 10.9. The van der Waals surface area contributed by atoms with Gasteiger partial charge in [-0.2, -0.15) is 0 Å². The molecule has 0 atom stereocenters. The molecular weight excluding hydrogens is 274 g/mol. The molecule has 22 heavy (non-hydrogen) atoms. The highest BCUT2D eigenvalue weighted by molar-refractivity contribution is 6.02. The van der Waals surface area contributed by atoms with E-state index in [1.165, 1.54) is 27.1 Å². The van der Waals surface area contributed by atoms with Crippen molar-refractivity contribution in [1.29, 1.82) is 0 Å². The van der Waals surface area contributed by atoms with Crippen molar-refractivity contribution in [3.05, 3.63) is 60.2 Å². The number of hydrogen-bond donors (Lipinski definition) is 2. The fourth-order valence-electron chi connectivity index (χ4n) is 2.82. The van der Waals surface area contributed by atoms with Gasteiger partial charge in [-0.3, -0.25) is 0 Å². The van der Waals surface area contributed by atoms with Crippen molar-refractivity contribution in [3.63, 3.8) is 0 Å². The van der Waals surface area contributed by atoms with Crippen LogP contribution in [0.4, 0.5) is 0 Å². The second kappa shape index (κ2) is 7.36. The maximum Gasteiger partial charge on any atom is 0.0698 e. The van der Waals surface area contributed by atoms with Crippen LogP contribution in [0, 0.1) is 0 Å². The van der Waals surface area contributed by atoms with E-state index in [9.17, 15) is 0 Å². The zero-order valence-electron chi connectivity index (χ0n) is 12.6. The molecule has 0 heterocycles. The first kappa shape index (κ1) is 15.0. The molecule has 3 aromatic carbocycles. The lowest BCUT2D eigenvalue weighted by Crippen LogP contribution is -2.20. The van der Waals surface area contributed by atoms with Crippen LogP contribution in [0.25, 0.3) is 21.5 Å². The Morgan fingerprint density at radius 2 is 1.50 bits per heavy atom. The van der Waals surface area contributed by atoms with E-state index < -0.39 is 0 Å². The third-order valence-corrected chi connectivity index (χ3v) is 3.84. The van der Waals surface area contributed by atoms with E-state index in [0.29, 0.717) is 13.2 Å². The summed E-state index contributed by atoms with van der Waals surface area (Å²) in [5.41, 5.74) is 1.33. The van der Waals surface area contributed by atoms with Crippen molar-refractivity contribution >= 4 is 21.5 Å². The highest BCUT2D eigenvalue weighted by Crippen LogP contribution is 2.28. The topological polar surface area (TPSA) is 41.5 Å². The van der Waals surface area contributed by atoms with Gasteiger partial charge in [-0.25, -0.2) is 0 Å². The monoisotopic (exact) mass is 295 g/mol. The van der Waals surface area contributed by atoms with Gasteiger partial charge in [0, 0.05) is 13.1 Å². The van der Waals surface area contributed by atoms with E-state index in [1.807, 2.05) is 0 Å². The standard InChI is InChI=1S/C19H21NO2/c21-10-12-22-11-9-20-14-19-17-7-3-1-5-15(17)13-16-6-2-4-8-18(16)19/h1-8,13,20-21H,9-12,14H2. The minimum Gasteiger partial charge on any atom is -0.394 e. The molecule has 0 aliphatic carbocycles. The van der Waals surface area contributed by atoms with Crippen LogP contribution < -0.4 is 5.32 Å². The second-order valence-corrected chi connectivity index (χ2v) is 5.31. The first-order valence-corrected chi connectivity index (χ1v) is 7.69. The van der Waals surface area contributed by atoms with Gasteiger partial charge in [0.25, 0.3) is 0 Å². The normalized spacial score (nSPS) is 11.3. The van der Waals surface area contributed by atoms with Crippen LogP contribution in [0.1, 0.15) is 5.56 Å². The Balaban J connectivity index is 1.85. The quantitative estimate of drug-likeness (QED) is 0.520. The first-order valence-electron chi connectivity index (χ1n) is 7.69. The van der Waals surface area contributed by atoms with Crippen LogP contribution in [0.3, 0.4) is 0 Å². The number of aliphatic hydroxyl groups is 1. The molecular formula is C19H21NO2. The molecule has 3 rings (SSSR count). The zero-order chi connectivity index (χ0) is 15.2. The van der Waals surface area contributed by atoms with Gasteiger partial charge < -0.3 is 15.2 Å². The predicted octanol–water partition coefficient (Wildman–Crippen LogP) is 3.09. The predicted molar refractivity (Wildman–Crippen MR) is 91.1 cm³/mol. The molecule has 3 nitrogen and oxygen atoms in total. The van der Waals surface area contributed by atoms with Crippen LogP contribution in [0.5, 0.6) is 0 Å². The summed E-state index contributed by atoms with van der Waals surface area (Å²) < 4.78 is 5.28. The summed E-state index contributed by atoms with van der Waals surface area (Å²) in [4.78, 5) is 0. The fraction of sp³-hybridized carbons (Fsp3) is 0.263. The molecule has 0 saturated carbocycles. The maximum absolute atomic E-state index is 8.69. The average molecular weight is 295 g/mol. The van der Waals surface area contributed by atoms with E-state index in [1.54, 1.807) is 0 Å². The Kier molecular flexibility index (Phi) is 5.01. The SMILES string of the molecule is OCCOCCNCc1c2ccccc2cc2ccccc12. The van der Waals surface area contributed by atoms with Crippen LogP contribution in [-0.4, -0.2) is 31.5 Å². The fourth-order valence-corrected chi connectivity index (χ4v) is 2.82. The zero-order valence-corrected chi connectivity index (χ0v) is 12.6. The van der Waals surface area contributed by atoms with Crippen molar-refractivity contribution in [3.8, 4) is 0 Å². The molecule has 3 heteroatoms. The molecule has 0 bridgehead atoms. The van der Waals surface area contributed by atoms with Gasteiger partial charge >= 0.3 is 0 Å². The van der Waals surface area contributed by atoms with E-state index in [0.717, 1.165) is 13.1 Å². The number of rotatable bonds is 7. The van der Waals surface area contributed by atoms with E-state index in [-0.39, 0.29) is 6.61 Å². The number of fused-ring (bicyclic) bond motifs is 2. The average Bonchev–Trinajstić information content (AvgIpc) is 2.57. The van der Waals surface area contributed by atoms with E-state index in [2.05, 4.69) is 59.9 Å². The number of benzene rings is 3. The van der Waals surface area contributed by atoms with Gasteiger partial charge in [0.1, 0.15) is 0 Å². The van der Waals surface area contributed by atoms with Crippen molar-refractivity contribution in [2.45, 2.75) is 6.54 Å². The minimum atomic E-state index is 0.0773. The summed E-state index contributed by atoms with van der Waals surface area (Å²) in [5.74, 6) is 0. The van der Waals surface area contributed by atoms with Gasteiger partial charge in [0.05, 0.1) is 19.8 Å². The van der Waals surface area contributed by atoms with Crippen LogP contribution in [0.15, 0.2) is 54.6 Å². The van der Waals surface area contributed by atoms with Crippen molar-refractivity contribution in [2.75, 3.05) is 26.4 Å². The van der Waals surface area contributed by atoms with Crippen LogP contribution in [-0.2, 0) is 11.3 Å². The highest BCUT2D eigenvalue weighted by atomic mass is 16.5. The van der Waals surface area contributed by atoms with Gasteiger partial charge in [-0.05, 0) is 33.2 Å². The molecule has 0 unspecified atom stereocenters. The Hall–Kier alpha value is -1.94. The summed E-state index contributed by atoms with van der Waals surface area (Å²) >= 11 is 0. The summed E-state index contributed by atoms with van der Waals surface area (Å²) in [6.45, 7) is 2.68. The second-order valence-electron chi connectivity index (χ2n) is 5.31. The van der Waals surface area contributed by atoms with Gasteiger partial charge in [-0.15, -0.1) is 0 Å². The van der Waals surface area contributed by atoms with Crippen molar-refractivity contribution in [1.82, 2.24) is 5.32 Å². The largest absolute Gasteiger partial charge is 0.394 e. The summed E-state index contributed by atoms with van der Waals surface area (Å²) in [7, 11) is 0. The lowest BCUT2D eigenvalue weighted by Gasteiger charge is -2.12. The van der Waals surface area contributed by atoms with E-state index >= 15 is 0 Å². The molecule has 0 aliphatic rings. The maximum atomic E-state index is 8.69. The van der Waals surface area contributed by atoms with Crippen molar-refractivity contribution < 1.29 is 9.84 Å². The Bertz CT molecular complexity index is 701. The number of hydrogen-bond acceptors (Lipinski definition) is 3. The molecule has 0 amide bonds. The number of aliphatic hydroxyl groups excluding tert-OH is 1. The minimum absolute atomic E-state index is 0.0773. The van der Waals surface area contributed by atoms with E-state index in [4.69, 9.17) is 9.84 Å². The Morgan fingerprint density at radius 3 is 2.14 bits per heavy atom. The Labute approximate surface area is 130 Å². The third kappa shape index (κ3) is 3.28. The molecule has 3 aromatic rings. The van der Waals surface area contributed by atoms with Crippen molar-refractivity contribution in [2.24, 2.45) is 0 Å². The lowest BCUT2D eigenvalue weighted by molar-refractivity contribution is 0.0938. The molecule has 0 saturated heterocycles. The van der Waals surface area contributed by atoms with Crippen LogP contribution >= 0.6 is 0 Å². The molecule has 2 N–H and O–H groups in total. The molecule has 0 aromatic heterocycles. The molecule has 0 spiro atoms. The van der Waals surface area contributed by atoms with Gasteiger partial charge in [0.15, 0.2) is 0 Å². The summed E-state index contributed by atoms with van der Waals surface area (Å²) in [5, 5.41) is 17.3. The summed E-state index contributed by atoms with van der Waals surface area (Å²) in [6.07, 6.45) is 0. The molecule has 0 aliphatic heterocycles. The smallest absolute Gasteiger partial charge is 0.0698 e. The highest BCUT2D eigenvalue weighted by Gasteiger charge is 2.06. The number of ether oxygens (including phenoxy) is 1. The third-order valence-electron chi connectivity index (χ3n) is 3.84. The Morgan fingerprint density at radius 1 is 0.864 bits per heavy atom. The molecule has 0 fully saturated rings. The lowest BCUT2D eigenvalue weighted by atomic mass is 9.97. The van der Waals surface area contributed by atoms with Gasteiger partial charge in [-0.1, -0.05) is 48.5 Å². The molecule has 114 valence electrons. The van der Waals surface area contributed by atoms with Gasteiger partial charge in [0.2, 0.25) is 0 Å². The molecule has 0 radical (unpaired) electrons. The number of nitrogens with one attached hydrogen (secondary N) is 1.